The van der Waals surface area contributed by atoms with Crippen LogP contribution in [0.4, 0.5) is 0 Å². The van der Waals surface area contributed by atoms with E-state index in [1.807, 2.05) is 36.0 Å². The molecule has 1 fully saturated rings. The van der Waals surface area contributed by atoms with E-state index in [4.69, 9.17) is 11.6 Å². The van der Waals surface area contributed by atoms with Gasteiger partial charge >= 0.3 is 0 Å². The van der Waals surface area contributed by atoms with Gasteiger partial charge in [-0.3, -0.25) is 9.48 Å². The highest BCUT2D eigenvalue weighted by atomic mass is 35.5. The van der Waals surface area contributed by atoms with E-state index in [0.29, 0.717) is 23.0 Å². The zero-order valence-corrected chi connectivity index (χ0v) is 12.9. The average Bonchev–Trinajstić information content (AvgIpc) is 3.08. The molecular formula is C17H19ClN2O. The molecule has 1 aliphatic carbocycles. The Labute approximate surface area is 129 Å². The van der Waals surface area contributed by atoms with Crippen LogP contribution < -0.4 is 0 Å². The van der Waals surface area contributed by atoms with Crippen LogP contribution in [0.1, 0.15) is 53.3 Å². The molecule has 0 N–H and O–H groups in total. The molecular weight excluding hydrogens is 284 g/mol. The molecule has 1 heterocycles. The van der Waals surface area contributed by atoms with Gasteiger partial charge in [0.15, 0.2) is 5.78 Å². The van der Waals surface area contributed by atoms with Crippen molar-refractivity contribution in [2.75, 3.05) is 0 Å². The number of hydrogen-bond acceptors (Lipinski definition) is 2. The van der Waals surface area contributed by atoms with Gasteiger partial charge < -0.3 is 0 Å². The maximum atomic E-state index is 12.3. The first-order chi connectivity index (χ1) is 10.1. The Hall–Kier alpha value is -1.61. The van der Waals surface area contributed by atoms with E-state index in [2.05, 4.69) is 5.10 Å². The largest absolute Gasteiger partial charge is 0.294 e. The second-order valence-corrected chi connectivity index (χ2v) is 6.22. The lowest BCUT2D eigenvalue weighted by molar-refractivity contribution is 0.0992. The van der Waals surface area contributed by atoms with Gasteiger partial charge in [0.25, 0.3) is 0 Å². The molecule has 3 rings (SSSR count). The molecule has 1 saturated carbocycles. The molecule has 0 aliphatic heterocycles. The summed E-state index contributed by atoms with van der Waals surface area (Å²) in [7, 11) is 0. The molecule has 1 aromatic carbocycles. The lowest BCUT2D eigenvalue weighted by atomic mass is 10.1. The van der Waals surface area contributed by atoms with E-state index in [1.165, 1.54) is 25.7 Å². The van der Waals surface area contributed by atoms with Gasteiger partial charge in [0.2, 0.25) is 0 Å². The Morgan fingerprint density at radius 1 is 1.33 bits per heavy atom. The van der Waals surface area contributed by atoms with Crippen LogP contribution in [0.15, 0.2) is 30.5 Å². The van der Waals surface area contributed by atoms with Gasteiger partial charge in [-0.25, -0.2) is 0 Å². The molecule has 0 amide bonds. The molecule has 0 unspecified atom stereocenters. The Kier molecular flexibility index (Phi) is 4.11. The molecule has 4 heteroatoms. The number of ketones is 1. The topological polar surface area (TPSA) is 34.9 Å². The number of halogens is 1. The SMILES string of the molecule is Cc1ccc(C(=O)Cc2ccn(C3CCCC3)n2)c(Cl)c1. The minimum atomic E-state index is 0.0247. The summed E-state index contributed by atoms with van der Waals surface area (Å²) in [5.74, 6) is 0.0247. The fourth-order valence-electron chi connectivity index (χ4n) is 2.95. The van der Waals surface area contributed by atoms with Crippen molar-refractivity contribution in [1.29, 1.82) is 0 Å². The van der Waals surface area contributed by atoms with E-state index in [-0.39, 0.29) is 5.78 Å². The quantitative estimate of drug-likeness (QED) is 0.785. The maximum Gasteiger partial charge on any atom is 0.170 e. The van der Waals surface area contributed by atoms with Gasteiger partial charge in [0.05, 0.1) is 23.2 Å². The van der Waals surface area contributed by atoms with Crippen LogP contribution in [0.2, 0.25) is 5.02 Å². The van der Waals surface area contributed by atoms with Crippen LogP contribution in [0.25, 0.3) is 0 Å². The van der Waals surface area contributed by atoms with E-state index in [9.17, 15) is 4.79 Å². The second-order valence-electron chi connectivity index (χ2n) is 5.81. The predicted octanol–water partition coefficient (Wildman–Crippen LogP) is 4.39. The summed E-state index contributed by atoms with van der Waals surface area (Å²) >= 11 is 6.15. The third-order valence-electron chi connectivity index (χ3n) is 4.13. The number of Topliss-reactive ketones (excluding diaryl/α,β-unsaturated/α-hetero) is 1. The van der Waals surface area contributed by atoms with Crippen molar-refractivity contribution in [3.05, 3.63) is 52.3 Å². The zero-order chi connectivity index (χ0) is 14.8. The van der Waals surface area contributed by atoms with Gasteiger partial charge in [-0.15, -0.1) is 0 Å². The Morgan fingerprint density at radius 2 is 2.10 bits per heavy atom. The molecule has 1 aliphatic rings. The fraction of sp³-hybridized carbons (Fsp3) is 0.412. The minimum absolute atomic E-state index is 0.0247. The monoisotopic (exact) mass is 302 g/mol. The van der Waals surface area contributed by atoms with Gasteiger partial charge in [0.1, 0.15) is 0 Å². The summed E-state index contributed by atoms with van der Waals surface area (Å²) in [6, 6.07) is 7.99. The highest BCUT2D eigenvalue weighted by Gasteiger charge is 2.18. The van der Waals surface area contributed by atoms with Crippen LogP contribution in [-0.2, 0) is 6.42 Å². The zero-order valence-electron chi connectivity index (χ0n) is 12.2. The number of aryl methyl sites for hydroxylation is 1. The minimum Gasteiger partial charge on any atom is -0.294 e. The molecule has 2 aromatic rings. The molecule has 21 heavy (non-hydrogen) atoms. The van der Waals surface area contributed by atoms with Gasteiger partial charge in [-0.2, -0.15) is 5.10 Å². The number of nitrogens with zero attached hydrogens (tertiary/aromatic N) is 2. The summed E-state index contributed by atoms with van der Waals surface area (Å²) in [6.07, 6.45) is 7.24. The third-order valence-corrected chi connectivity index (χ3v) is 4.44. The fourth-order valence-corrected chi connectivity index (χ4v) is 3.29. The summed E-state index contributed by atoms with van der Waals surface area (Å²) in [5, 5.41) is 5.08. The van der Waals surface area contributed by atoms with Crippen molar-refractivity contribution in [1.82, 2.24) is 9.78 Å². The average molecular weight is 303 g/mol. The van der Waals surface area contributed by atoms with E-state index >= 15 is 0 Å². The molecule has 110 valence electrons. The van der Waals surface area contributed by atoms with Crippen LogP contribution in [0.3, 0.4) is 0 Å². The van der Waals surface area contributed by atoms with Gasteiger partial charge in [-0.05, 0) is 43.5 Å². The summed E-state index contributed by atoms with van der Waals surface area (Å²) in [6.45, 7) is 1.96. The van der Waals surface area contributed by atoms with Gasteiger partial charge in [-0.1, -0.05) is 30.5 Å². The number of aromatic nitrogens is 2. The molecule has 0 saturated heterocycles. The summed E-state index contributed by atoms with van der Waals surface area (Å²) < 4.78 is 2.02. The normalized spacial score (nSPS) is 15.5. The summed E-state index contributed by atoms with van der Waals surface area (Å²) in [4.78, 5) is 12.3. The van der Waals surface area contributed by atoms with Crippen LogP contribution in [0.5, 0.6) is 0 Å². The van der Waals surface area contributed by atoms with Crippen LogP contribution in [-0.4, -0.2) is 15.6 Å². The smallest absolute Gasteiger partial charge is 0.170 e. The van der Waals surface area contributed by atoms with Gasteiger partial charge in [0, 0.05) is 11.8 Å². The highest BCUT2D eigenvalue weighted by Crippen LogP contribution is 2.28. The Bertz CT molecular complexity index is 657. The highest BCUT2D eigenvalue weighted by molar-refractivity contribution is 6.34. The third kappa shape index (κ3) is 3.18. The van der Waals surface area contributed by atoms with E-state index in [0.717, 1.165) is 11.3 Å². The number of hydrogen-bond donors (Lipinski definition) is 0. The second kappa shape index (κ2) is 6.02. The molecule has 0 bridgehead atoms. The van der Waals surface area contributed by atoms with Crippen molar-refractivity contribution in [3.8, 4) is 0 Å². The first kappa shape index (κ1) is 14.3. The van der Waals surface area contributed by atoms with E-state index in [1.54, 1.807) is 6.07 Å². The number of benzene rings is 1. The molecule has 3 nitrogen and oxygen atoms in total. The van der Waals surface area contributed by atoms with Crippen molar-refractivity contribution in [2.45, 2.75) is 45.1 Å². The predicted molar refractivity (Wildman–Crippen MR) is 84.0 cm³/mol. The lowest BCUT2D eigenvalue weighted by Gasteiger charge is -2.08. The van der Waals surface area contributed by atoms with Crippen molar-refractivity contribution in [2.24, 2.45) is 0 Å². The Balaban J connectivity index is 1.72. The molecule has 0 atom stereocenters. The van der Waals surface area contributed by atoms with Crippen LogP contribution >= 0.6 is 11.6 Å². The Morgan fingerprint density at radius 3 is 2.81 bits per heavy atom. The standard InChI is InChI=1S/C17H19ClN2O/c1-12-6-7-15(16(18)10-12)17(21)11-13-8-9-20(19-13)14-4-2-3-5-14/h6-10,14H,2-5,11H2,1H3. The first-order valence-corrected chi connectivity index (χ1v) is 7.84. The maximum absolute atomic E-state index is 12.3. The van der Waals surface area contributed by atoms with Crippen LogP contribution in [0, 0.1) is 6.92 Å². The lowest BCUT2D eigenvalue weighted by Crippen LogP contribution is -2.08. The first-order valence-electron chi connectivity index (χ1n) is 7.47. The van der Waals surface area contributed by atoms with E-state index < -0.39 is 0 Å². The molecule has 0 radical (unpaired) electrons. The van der Waals surface area contributed by atoms with Crippen molar-refractivity contribution < 1.29 is 4.79 Å². The number of carbonyl (C=O) groups is 1. The summed E-state index contributed by atoms with van der Waals surface area (Å²) in [5.41, 5.74) is 2.46. The molecule has 1 aromatic heterocycles. The van der Waals surface area contributed by atoms with Crippen molar-refractivity contribution in [3.63, 3.8) is 0 Å². The molecule has 0 spiro atoms. The number of rotatable bonds is 4. The van der Waals surface area contributed by atoms with Crippen molar-refractivity contribution >= 4 is 17.4 Å². The number of carbonyl (C=O) groups excluding carboxylic acids is 1.